The molecule has 2 aromatic carbocycles. The van der Waals surface area contributed by atoms with Gasteiger partial charge < -0.3 is 4.74 Å². The van der Waals surface area contributed by atoms with Crippen LogP contribution in [0.25, 0.3) is 0 Å². The molecule has 178 valence electrons. The molecule has 3 amide bonds. The Labute approximate surface area is 218 Å². The summed E-state index contributed by atoms with van der Waals surface area (Å²) in [5, 5.41) is 1.94. The lowest BCUT2D eigenvalue weighted by Gasteiger charge is -2.30. The number of carbonyl (C=O) groups is 4. The van der Waals surface area contributed by atoms with Gasteiger partial charge in [0.05, 0.1) is 29.5 Å². The van der Waals surface area contributed by atoms with Crippen LogP contribution < -0.4 is 4.74 Å². The summed E-state index contributed by atoms with van der Waals surface area (Å²) >= 11 is 13.4. The van der Waals surface area contributed by atoms with Crippen LogP contribution in [0.15, 0.2) is 48.5 Å². The van der Waals surface area contributed by atoms with Crippen molar-refractivity contribution in [3.05, 3.63) is 64.7 Å². The number of hydrogen-bond acceptors (Lipinski definition) is 5. The van der Waals surface area contributed by atoms with Crippen LogP contribution in [-0.2, 0) is 9.59 Å². The number of hydrazine groups is 1. The minimum atomic E-state index is -0.701. The number of ether oxygens (including phenoxy) is 1. The zero-order chi connectivity index (χ0) is 24.6. The highest BCUT2D eigenvalue weighted by Gasteiger charge is 2.54. The van der Waals surface area contributed by atoms with E-state index in [9.17, 15) is 19.2 Å². The Kier molecular flexibility index (Phi) is 7.45. The number of fused-ring (bicyclic) bond motifs is 1. The number of nitrogens with zero attached hydrogens (tertiary/aromatic N) is 2. The Hall–Kier alpha value is -2.23. The van der Waals surface area contributed by atoms with Gasteiger partial charge in [0.2, 0.25) is 0 Å². The summed E-state index contributed by atoms with van der Waals surface area (Å²) in [6.07, 6.45) is 0.888. The van der Waals surface area contributed by atoms with E-state index in [-0.39, 0.29) is 25.8 Å². The van der Waals surface area contributed by atoms with Crippen molar-refractivity contribution < 1.29 is 23.9 Å². The zero-order valence-electron chi connectivity index (χ0n) is 18.1. The average Bonchev–Trinajstić information content (AvgIpc) is 3.06. The number of Topliss-reactive ketones (excluding diaryl/α,β-unsaturated/α-hetero) is 1. The molecule has 4 atom stereocenters. The number of imide groups is 1. The van der Waals surface area contributed by atoms with Crippen molar-refractivity contribution in [3.8, 4) is 5.75 Å². The molecular weight excluding hydrogens is 592 g/mol. The molecule has 0 N–H and O–H groups in total. The van der Waals surface area contributed by atoms with Gasteiger partial charge in [0.1, 0.15) is 12.3 Å². The fourth-order valence-electron chi connectivity index (χ4n) is 4.35. The number of halogens is 3. The van der Waals surface area contributed by atoms with Gasteiger partial charge in [-0.3, -0.25) is 19.2 Å². The van der Waals surface area contributed by atoms with Gasteiger partial charge in [-0.2, -0.15) is 5.01 Å². The predicted octanol–water partition coefficient (Wildman–Crippen LogP) is 4.51. The second kappa shape index (κ2) is 10.2. The Bertz CT molecular complexity index is 1130. The molecule has 1 heterocycles. The van der Waals surface area contributed by atoms with E-state index in [1.165, 1.54) is 19.2 Å². The highest BCUT2D eigenvalue weighted by molar-refractivity contribution is 9.12. The van der Waals surface area contributed by atoms with Crippen molar-refractivity contribution in [3.63, 3.8) is 0 Å². The third-order valence-electron chi connectivity index (χ3n) is 6.15. The summed E-state index contributed by atoms with van der Waals surface area (Å²) in [6, 6.07) is 12.8. The van der Waals surface area contributed by atoms with Gasteiger partial charge >= 0.3 is 0 Å². The lowest BCUT2D eigenvalue weighted by Crippen LogP contribution is -2.52. The second-order valence-electron chi connectivity index (χ2n) is 8.20. The molecule has 2 fully saturated rings. The molecule has 2 aliphatic rings. The molecule has 4 rings (SSSR count). The second-order valence-corrected chi connectivity index (χ2v) is 11.0. The monoisotopic (exact) mass is 610 g/mol. The standard InChI is InChI=1S/C24H21Br2ClN2O5/c1-34-14-6-4-5-13(9-14)21(30)12-28(22(31)15-7-2-3-8-20(15)27)29-23(32)16-10-18(25)19(26)11-17(16)24(29)33/h2-9,16-19H,10-12H2,1H3/t16-,17+,18+,19-. The molecular formula is C24H21Br2ClN2O5. The van der Waals surface area contributed by atoms with E-state index in [1.807, 2.05) is 0 Å². The molecule has 0 radical (unpaired) electrons. The smallest absolute Gasteiger partial charge is 0.274 e. The fraction of sp³-hybridized carbons (Fsp3) is 0.333. The van der Waals surface area contributed by atoms with Crippen LogP contribution in [0, 0.1) is 11.8 Å². The van der Waals surface area contributed by atoms with Gasteiger partial charge in [-0.05, 0) is 37.1 Å². The predicted molar refractivity (Wildman–Crippen MR) is 133 cm³/mol. The van der Waals surface area contributed by atoms with Crippen molar-refractivity contribution in [2.24, 2.45) is 11.8 Å². The number of benzene rings is 2. The Balaban J connectivity index is 1.71. The van der Waals surface area contributed by atoms with E-state index < -0.39 is 41.9 Å². The first-order valence-corrected chi connectivity index (χ1v) is 12.8. The van der Waals surface area contributed by atoms with Crippen LogP contribution in [0.5, 0.6) is 5.75 Å². The molecule has 1 aliphatic heterocycles. The van der Waals surface area contributed by atoms with Gasteiger partial charge in [0, 0.05) is 15.2 Å². The van der Waals surface area contributed by atoms with Gasteiger partial charge in [-0.25, -0.2) is 5.01 Å². The molecule has 7 nitrogen and oxygen atoms in total. The van der Waals surface area contributed by atoms with Gasteiger partial charge in [-0.15, -0.1) is 0 Å². The van der Waals surface area contributed by atoms with E-state index in [0.717, 1.165) is 10.0 Å². The quantitative estimate of drug-likeness (QED) is 0.273. The Morgan fingerprint density at radius 2 is 1.65 bits per heavy atom. The first-order chi connectivity index (χ1) is 16.2. The largest absolute Gasteiger partial charge is 0.497 e. The van der Waals surface area contributed by atoms with E-state index in [0.29, 0.717) is 18.6 Å². The van der Waals surface area contributed by atoms with E-state index in [1.54, 1.807) is 36.4 Å². The normalized spacial score (nSPS) is 24.1. The van der Waals surface area contributed by atoms with Gasteiger partial charge in [-0.1, -0.05) is 67.7 Å². The minimum Gasteiger partial charge on any atom is -0.497 e. The summed E-state index contributed by atoms with van der Waals surface area (Å²) in [5.74, 6) is -2.80. The maximum absolute atomic E-state index is 13.6. The number of methoxy groups -OCH3 is 1. The number of rotatable bonds is 6. The number of ketones is 1. The van der Waals surface area contributed by atoms with E-state index in [4.69, 9.17) is 16.3 Å². The molecule has 1 saturated carbocycles. The first kappa shape index (κ1) is 24.9. The summed E-state index contributed by atoms with van der Waals surface area (Å²) in [6.45, 7) is -0.510. The number of alkyl halides is 2. The van der Waals surface area contributed by atoms with Crippen molar-refractivity contribution in [2.75, 3.05) is 13.7 Å². The van der Waals surface area contributed by atoms with Crippen molar-refractivity contribution >= 4 is 67.0 Å². The summed E-state index contributed by atoms with van der Waals surface area (Å²) in [7, 11) is 1.48. The van der Waals surface area contributed by atoms with E-state index in [2.05, 4.69) is 31.9 Å². The van der Waals surface area contributed by atoms with Crippen molar-refractivity contribution in [2.45, 2.75) is 22.5 Å². The molecule has 2 aromatic rings. The molecule has 10 heteroatoms. The molecule has 1 saturated heterocycles. The van der Waals surface area contributed by atoms with Gasteiger partial charge in [0.25, 0.3) is 17.7 Å². The maximum atomic E-state index is 13.6. The third kappa shape index (κ3) is 4.65. The lowest BCUT2D eigenvalue weighted by molar-refractivity contribution is -0.154. The van der Waals surface area contributed by atoms with Crippen LogP contribution in [-0.4, -0.2) is 56.8 Å². The number of amides is 3. The Morgan fingerprint density at radius 1 is 1.03 bits per heavy atom. The molecule has 34 heavy (non-hydrogen) atoms. The van der Waals surface area contributed by atoms with Crippen LogP contribution in [0.4, 0.5) is 0 Å². The van der Waals surface area contributed by atoms with Crippen LogP contribution in [0.2, 0.25) is 5.02 Å². The summed E-state index contributed by atoms with van der Waals surface area (Å²) in [5.41, 5.74) is 0.378. The van der Waals surface area contributed by atoms with Crippen LogP contribution in [0.3, 0.4) is 0 Å². The average molecular weight is 613 g/mol. The highest BCUT2D eigenvalue weighted by atomic mass is 79.9. The van der Waals surface area contributed by atoms with E-state index >= 15 is 0 Å². The van der Waals surface area contributed by atoms with Crippen molar-refractivity contribution in [1.29, 1.82) is 0 Å². The van der Waals surface area contributed by atoms with Crippen LogP contribution in [0.1, 0.15) is 33.6 Å². The maximum Gasteiger partial charge on any atom is 0.274 e. The Morgan fingerprint density at radius 3 is 2.24 bits per heavy atom. The third-order valence-corrected chi connectivity index (χ3v) is 9.22. The summed E-state index contributed by atoms with van der Waals surface area (Å²) in [4.78, 5) is 53.6. The fourth-order valence-corrected chi connectivity index (χ4v) is 5.80. The molecule has 0 spiro atoms. The molecule has 1 aliphatic carbocycles. The molecule has 0 unspecified atom stereocenters. The number of hydrogen-bond donors (Lipinski definition) is 0. The number of carbonyl (C=O) groups excluding carboxylic acids is 4. The lowest BCUT2D eigenvalue weighted by atomic mass is 9.81. The van der Waals surface area contributed by atoms with Gasteiger partial charge in [0.15, 0.2) is 5.78 Å². The summed E-state index contributed by atoms with van der Waals surface area (Å²) < 4.78 is 5.18. The van der Waals surface area contributed by atoms with Crippen molar-refractivity contribution in [1.82, 2.24) is 10.0 Å². The topological polar surface area (TPSA) is 84.0 Å². The SMILES string of the molecule is COc1cccc(C(=O)CN(C(=O)c2ccccc2Cl)N2C(=O)[C@H]3C[C@@H](Br)[C@@H](Br)C[C@H]3C2=O)c1. The zero-order valence-corrected chi connectivity index (χ0v) is 22.0. The highest BCUT2D eigenvalue weighted by Crippen LogP contribution is 2.43. The minimum absolute atomic E-state index is 0.0107. The first-order valence-electron chi connectivity index (χ1n) is 10.6. The molecule has 0 bridgehead atoms. The van der Waals surface area contributed by atoms with Crippen LogP contribution >= 0.6 is 43.5 Å². The molecule has 0 aromatic heterocycles.